The Bertz CT molecular complexity index is 955. The van der Waals surface area contributed by atoms with Gasteiger partial charge in [-0.2, -0.15) is 5.26 Å². The molecule has 0 aromatic heterocycles. The second-order valence-corrected chi connectivity index (χ2v) is 7.74. The molecule has 0 heterocycles. The van der Waals surface area contributed by atoms with Crippen LogP contribution in [-0.2, 0) is 6.42 Å². The summed E-state index contributed by atoms with van der Waals surface area (Å²) in [4.78, 5) is -0.339. The Balaban J connectivity index is 1.91. The summed E-state index contributed by atoms with van der Waals surface area (Å²) in [5, 5.41) is 10.3. The average Bonchev–Trinajstić information content (AvgIpc) is 3.49. The minimum atomic E-state index is -0.823. The van der Waals surface area contributed by atoms with Crippen LogP contribution >= 0.6 is 11.8 Å². The van der Waals surface area contributed by atoms with Crippen LogP contribution in [0.25, 0.3) is 0 Å². The molecule has 0 unspecified atom stereocenters. The summed E-state index contributed by atoms with van der Waals surface area (Å²) in [5.74, 6) is 4.00. The number of halogens is 3. The second-order valence-electron chi connectivity index (χ2n) is 6.94. The molecule has 2 aromatic rings. The Labute approximate surface area is 168 Å². The highest BCUT2D eigenvalue weighted by atomic mass is 32.2. The molecule has 1 nitrogen and oxygen atoms in total. The third-order valence-electron chi connectivity index (χ3n) is 4.78. The number of benzene rings is 2. The first-order valence-corrected chi connectivity index (χ1v) is 10.2. The summed E-state index contributed by atoms with van der Waals surface area (Å²) in [5.41, 5.74) is 2.09. The van der Waals surface area contributed by atoms with Crippen LogP contribution in [0.5, 0.6) is 0 Å². The Hall–Kier alpha value is -2.37. The lowest BCUT2D eigenvalue weighted by Gasteiger charge is -2.10. The standard InChI is InChI=1S/C23H20F3NS/c1-2-3-4-5-18-11-10-16(21(22(18)26)17-8-9-17)7-6-15-12-19(24)23(28-14-27)20(25)13-15/h10-13,17H,2-5,8-9H2,1H3. The third kappa shape index (κ3) is 4.72. The van der Waals surface area contributed by atoms with E-state index < -0.39 is 11.6 Å². The fraction of sp³-hybridized carbons (Fsp3) is 0.348. The number of unbranched alkanes of at least 4 members (excludes halogenated alkanes) is 2. The van der Waals surface area contributed by atoms with Gasteiger partial charge in [-0.3, -0.25) is 0 Å². The van der Waals surface area contributed by atoms with Crippen molar-refractivity contribution in [3.05, 3.63) is 64.0 Å². The van der Waals surface area contributed by atoms with Crippen LogP contribution in [0.15, 0.2) is 29.2 Å². The zero-order chi connectivity index (χ0) is 20.1. The number of hydrogen-bond donors (Lipinski definition) is 0. The lowest BCUT2D eigenvalue weighted by Crippen LogP contribution is -2.00. The van der Waals surface area contributed by atoms with Gasteiger partial charge in [-0.15, -0.1) is 0 Å². The van der Waals surface area contributed by atoms with Crippen molar-refractivity contribution in [3.63, 3.8) is 0 Å². The molecule has 1 aliphatic carbocycles. The summed E-state index contributed by atoms with van der Waals surface area (Å²) in [6.07, 6.45) is 5.69. The van der Waals surface area contributed by atoms with Crippen molar-refractivity contribution in [2.45, 2.75) is 56.3 Å². The summed E-state index contributed by atoms with van der Waals surface area (Å²) in [6, 6.07) is 5.79. The number of rotatable bonds is 6. The summed E-state index contributed by atoms with van der Waals surface area (Å²) >= 11 is 0.436. The molecule has 2 aromatic carbocycles. The van der Waals surface area contributed by atoms with Crippen molar-refractivity contribution >= 4 is 11.8 Å². The highest BCUT2D eigenvalue weighted by Gasteiger charge is 2.30. The molecule has 3 rings (SSSR count). The fourth-order valence-electron chi connectivity index (χ4n) is 3.19. The maximum atomic E-state index is 15.0. The van der Waals surface area contributed by atoms with Gasteiger partial charge < -0.3 is 0 Å². The van der Waals surface area contributed by atoms with Crippen LogP contribution in [0.1, 0.15) is 67.2 Å². The number of nitriles is 1. The van der Waals surface area contributed by atoms with Gasteiger partial charge in [0, 0.05) is 16.7 Å². The molecule has 0 aliphatic heterocycles. The zero-order valence-corrected chi connectivity index (χ0v) is 16.4. The summed E-state index contributed by atoms with van der Waals surface area (Å²) in [6.45, 7) is 2.11. The van der Waals surface area contributed by atoms with Gasteiger partial charge in [0.05, 0.1) is 4.90 Å². The smallest absolute Gasteiger partial charge is 0.142 e. The van der Waals surface area contributed by atoms with Gasteiger partial charge in [-0.05, 0) is 67.1 Å². The quantitative estimate of drug-likeness (QED) is 0.234. The highest BCUT2D eigenvalue weighted by molar-refractivity contribution is 8.03. The molecule has 28 heavy (non-hydrogen) atoms. The second kappa shape index (κ2) is 9.22. The molecular weight excluding hydrogens is 379 g/mol. The molecule has 0 atom stereocenters. The zero-order valence-electron chi connectivity index (χ0n) is 15.6. The van der Waals surface area contributed by atoms with Crippen LogP contribution in [-0.4, -0.2) is 0 Å². The maximum absolute atomic E-state index is 15.0. The minimum Gasteiger partial charge on any atom is -0.206 e. The molecule has 144 valence electrons. The van der Waals surface area contributed by atoms with Gasteiger partial charge in [0.25, 0.3) is 0 Å². The third-order valence-corrected chi connectivity index (χ3v) is 5.47. The molecule has 1 saturated carbocycles. The van der Waals surface area contributed by atoms with Crippen LogP contribution in [0.4, 0.5) is 13.2 Å². The topological polar surface area (TPSA) is 23.8 Å². The fourth-order valence-corrected chi connectivity index (χ4v) is 3.60. The van der Waals surface area contributed by atoms with Crippen LogP contribution < -0.4 is 0 Å². The van der Waals surface area contributed by atoms with Gasteiger partial charge in [-0.1, -0.05) is 37.7 Å². The number of thioether (sulfide) groups is 1. The van der Waals surface area contributed by atoms with E-state index in [-0.39, 0.29) is 22.2 Å². The number of aryl methyl sites for hydroxylation is 1. The van der Waals surface area contributed by atoms with Crippen LogP contribution in [0.2, 0.25) is 0 Å². The minimum absolute atomic E-state index is 0.159. The Morgan fingerprint density at radius 3 is 2.39 bits per heavy atom. The summed E-state index contributed by atoms with van der Waals surface area (Å²) < 4.78 is 43.0. The van der Waals surface area contributed by atoms with E-state index in [1.807, 2.05) is 6.07 Å². The van der Waals surface area contributed by atoms with Crippen molar-refractivity contribution < 1.29 is 13.2 Å². The molecule has 0 spiro atoms. The normalized spacial score (nSPS) is 13.0. The van der Waals surface area contributed by atoms with Gasteiger partial charge in [0.2, 0.25) is 0 Å². The van der Waals surface area contributed by atoms with Crippen molar-refractivity contribution in [1.82, 2.24) is 0 Å². The number of hydrogen-bond acceptors (Lipinski definition) is 2. The first kappa shape index (κ1) is 20.4. The molecule has 0 amide bonds. The van der Waals surface area contributed by atoms with Crippen molar-refractivity contribution in [2.75, 3.05) is 0 Å². The van der Waals surface area contributed by atoms with E-state index >= 15 is 4.39 Å². The lowest BCUT2D eigenvalue weighted by atomic mass is 9.96. The maximum Gasteiger partial charge on any atom is 0.142 e. The summed E-state index contributed by atoms with van der Waals surface area (Å²) in [7, 11) is 0. The van der Waals surface area contributed by atoms with Gasteiger partial charge >= 0.3 is 0 Å². The molecule has 5 heteroatoms. The molecule has 1 aliphatic rings. The monoisotopic (exact) mass is 399 g/mol. The van der Waals surface area contributed by atoms with E-state index in [1.165, 1.54) is 0 Å². The van der Waals surface area contributed by atoms with Crippen molar-refractivity contribution in [3.8, 4) is 17.2 Å². The van der Waals surface area contributed by atoms with E-state index in [0.29, 0.717) is 29.3 Å². The van der Waals surface area contributed by atoms with E-state index in [1.54, 1.807) is 11.5 Å². The molecule has 0 saturated heterocycles. The number of nitrogens with zero attached hydrogens (tertiary/aromatic N) is 1. The van der Waals surface area contributed by atoms with Gasteiger partial charge in [0.15, 0.2) is 0 Å². The Morgan fingerprint density at radius 1 is 1.07 bits per heavy atom. The lowest BCUT2D eigenvalue weighted by molar-refractivity contribution is 0.540. The van der Waals surface area contributed by atoms with Crippen molar-refractivity contribution in [1.29, 1.82) is 5.26 Å². The number of thiocyanates is 1. The van der Waals surface area contributed by atoms with E-state index in [4.69, 9.17) is 5.26 Å². The molecular formula is C23H20F3NS. The molecule has 1 fully saturated rings. The molecule has 0 bridgehead atoms. The molecule has 0 radical (unpaired) electrons. The van der Waals surface area contributed by atoms with E-state index in [0.717, 1.165) is 49.8 Å². The first-order chi connectivity index (χ1) is 13.5. The Morgan fingerprint density at radius 2 is 1.79 bits per heavy atom. The van der Waals surface area contributed by atoms with Gasteiger partial charge in [-0.25, -0.2) is 13.2 Å². The van der Waals surface area contributed by atoms with Crippen molar-refractivity contribution in [2.24, 2.45) is 0 Å². The Kier molecular flexibility index (Phi) is 6.70. The highest BCUT2D eigenvalue weighted by Crippen LogP contribution is 2.43. The van der Waals surface area contributed by atoms with E-state index in [2.05, 4.69) is 18.8 Å². The molecule has 0 N–H and O–H groups in total. The SMILES string of the molecule is CCCCCc1ccc(C#Cc2cc(F)c(SC#N)c(F)c2)c(C2CC2)c1F. The average molecular weight is 399 g/mol. The van der Waals surface area contributed by atoms with Crippen LogP contribution in [0.3, 0.4) is 0 Å². The van der Waals surface area contributed by atoms with Gasteiger partial charge in [0.1, 0.15) is 22.9 Å². The van der Waals surface area contributed by atoms with E-state index in [9.17, 15) is 8.78 Å². The predicted molar refractivity (Wildman–Crippen MR) is 105 cm³/mol. The predicted octanol–water partition coefficient (Wildman–Crippen LogP) is 6.69. The largest absolute Gasteiger partial charge is 0.206 e. The first-order valence-electron chi connectivity index (χ1n) is 9.43. The van der Waals surface area contributed by atoms with Crippen LogP contribution in [0, 0.1) is 40.0 Å².